The predicted molar refractivity (Wildman–Crippen MR) is 134 cm³/mol. The second-order valence-corrected chi connectivity index (χ2v) is 8.92. The monoisotopic (exact) mass is 540 g/mol. The Kier molecular flexibility index (Phi) is 9.93. The number of carboxylic acid groups (broad SMARTS) is 2. The molecule has 0 saturated carbocycles. The minimum Gasteiger partial charge on any atom is -0.480 e. The third-order valence-electron chi connectivity index (χ3n) is 4.94. The Morgan fingerprint density at radius 1 is 1.17 bits per heavy atom. The zero-order valence-corrected chi connectivity index (χ0v) is 20.7. The highest BCUT2D eigenvalue weighted by molar-refractivity contribution is 7.80. The van der Waals surface area contributed by atoms with Crippen molar-refractivity contribution in [1.29, 1.82) is 0 Å². The quantitative estimate of drug-likeness (QED) is 0.318. The van der Waals surface area contributed by atoms with Crippen LogP contribution < -0.4 is 11.1 Å². The minimum atomic E-state index is -1.17. The van der Waals surface area contributed by atoms with Crippen LogP contribution in [0.15, 0.2) is 36.7 Å². The second kappa shape index (κ2) is 12.4. The van der Waals surface area contributed by atoms with E-state index in [0.717, 1.165) is 5.56 Å². The lowest BCUT2D eigenvalue weighted by atomic mass is 10.1. The van der Waals surface area contributed by atoms with E-state index < -0.39 is 29.9 Å². The van der Waals surface area contributed by atoms with E-state index in [1.165, 1.54) is 24.2 Å². The number of aromatic nitrogens is 1. The van der Waals surface area contributed by atoms with Gasteiger partial charge < -0.3 is 26.2 Å². The van der Waals surface area contributed by atoms with Crippen LogP contribution >= 0.6 is 35.4 Å². The smallest absolute Gasteiger partial charge is 0.326 e. The molecule has 2 atom stereocenters. The van der Waals surface area contributed by atoms with Gasteiger partial charge in [0.2, 0.25) is 5.91 Å². The van der Waals surface area contributed by atoms with Crippen LogP contribution in [0, 0.1) is 0 Å². The van der Waals surface area contributed by atoms with Gasteiger partial charge in [0.25, 0.3) is 5.91 Å². The molecule has 1 fully saturated rings. The van der Waals surface area contributed by atoms with E-state index in [1.807, 2.05) is 0 Å². The number of nitrogens with one attached hydrogen (secondary N) is 1. The van der Waals surface area contributed by atoms with Crippen molar-refractivity contribution >= 4 is 69.7 Å². The molecule has 10 nitrogen and oxygen atoms in total. The van der Waals surface area contributed by atoms with Gasteiger partial charge >= 0.3 is 11.9 Å². The van der Waals surface area contributed by atoms with Gasteiger partial charge in [-0.25, -0.2) is 9.59 Å². The van der Waals surface area contributed by atoms with Crippen molar-refractivity contribution in [2.75, 3.05) is 12.3 Å². The molecule has 1 saturated heterocycles. The van der Waals surface area contributed by atoms with Gasteiger partial charge in [-0.3, -0.25) is 14.6 Å². The summed E-state index contributed by atoms with van der Waals surface area (Å²) in [5.74, 6) is -3.06. The molecule has 0 aliphatic carbocycles. The number of aliphatic carboxylic acids is 2. The average molecular weight is 541 g/mol. The number of nitrogen functional groups attached to an aromatic ring is 1. The Bertz CT molecular complexity index is 1100. The maximum absolute atomic E-state index is 12.3. The topological polar surface area (TPSA) is 163 Å². The van der Waals surface area contributed by atoms with Gasteiger partial charge in [0.05, 0.1) is 22.2 Å². The van der Waals surface area contributed by atoms with E-state index in [0.29, 0.717) is 23.5 Å². The van der Waals surface area contributed by atoms with Crippen LogP contribution in [0.2, 0.25) is 10.0 Å². The molecule has 0 radical (unpaired) electrons. The molecular weight excluding hydrogens is 519 g/mol. The summed E-state index contributed by atoms with van der Waals surface area (Å²) in [6.07, 6.45) is 2.93. The van der Waals surface area contributed by atoms with Gasteiger partial charge in [0.1, 0.15) is 12.1 Å². The Balaban J connectivity index is 0.000000303. The summed E-state index contributed by atoms with van der Waals surface area (Å²) in [4.78, 5) is 50.8. The molecule has 186 valence electrons. The van der Waals surface area contributed by atoms with Crippen molar-refractivity contribution in [2.24, 2.45) is 0 Å². The summed E-state index contributed by atoms with van der Waals surface area (Å²) in [5.41, 5.74) is 6.87. The summed E-state index contributed by atoms with van der Waals surface area (Å²) >= 11 is 16.6. The molecule has 0 unspecified atom stereocenters. The number of halogens is 2. The van der Waals surface area contributed by atoms with Crippen molar-refractivity contribution < 1.29 is 29.4 Å². The van der Waals surface area contributed by atoms with Gasteiger partial charge in [0, 0.05) is 42.7 Å². The summed E-state index contributed by atoms with van der Waals surface area (Å²) in [5, 5.41) is 20.5. The maximum Gasteiger partial charge on any atom is 0.326 e. The standard InChI is InChI=1S/C15H13Cl2N3O3.C7H9NO3S/c16-10-6-19-7-11(17)13(10)14(21)20-12(15(22)23)5-8-1-3-9(18)4-2-8;1-4(9)8-3-5(12)2-6(8)7(10)11/h1-4,6-7,12H,5,18H2,(H,20,21)(H,22,23);6H,2-3H2,1H3,(H,10,11)/t12-;6-/m00/s1. The van der Waals surface area contributed by atoms with Gasteiger partial charge in [-0.05, 0) is 17.7 Å². The van der Waals surface area contributed by atoms with Crippen molar-refractivity contribution in [2.45, 2.75) is 31.8 Å². The number of nitrogens with zero attached hydrogens (tertiary/aromatic N) is 2. The molecule has 1 aromatic heterocycles. The molecule has 0 bridgehead atoms. The first-order chi connectivity index (χ1) is 16.4. The highest BCUT2D eigenvalue weighted by Crippen LogP contribution is 2.23. The average Bonchev–Trinajstić information content (AvgIpc) is 3.17. The van der Waals surface area contributed by atoms with Crippen LogP contribution in [0.25, 0.3) is 0 Å². The molecule has 1 aromatic carbocycles. The lowest BCUT2D eigenvalue weighted by Crippen LogP contribution is -2.42. The number of carbonyl (C=O) groups excluding carboxylic acids is 2. The first-order valence-corrected chi connectivity index (χ1v) is 11.3. The fourth-order valence-electron chi connectivity index (χ4n) is 3.19. The normalized spacial score (nSPS) is 15.6. The first-order valence-electron chi connectivity index (χ1n) is 10.1. The molecule has 0 spiro atoms. The van der Waals surface area contributed by atoms with Gasteiger partial charge in [-0.2, -0.15) is 0 Å². The van der Waals surface area contributed by atoms with Crippen molar-refractivity contribution in [3.63, 3.8) is 0 Å². The number of hydrogen-bond acceptors (Lipinski definition) is 7. The number of amides is 2. The lowest BCUT2D eigenvalue weighted by molar-refractivity contribution is -0.147. The Morgan fingerprint density at radius 2 is 1.74 bits per heavy atom. The number of thiocarbonyl (C=S) groups is 1. The molecule has 1 aliphatic heterocycles. The number of carbonyl (C=O) groups is 4. The van der Waals surface area contributed by atoms with E-state index >= 15 is 0 Å². The van der Waals surface area contributed by atoms with Gasteiger partial charge in [-0.15, -0.1) is 0 Å². The number of nitrogens with two attached hydrogens (primary N) is 1. The first kappa shape index (κ1) is 28.0. The SMILES string of the molecule is CC(=O)N1CC(=S)C[C@H]1C(=O)O.Nc1ccc(C[C@H](NC(=O)c2c(Cl)cncc2Cl)C(=O)O)cc1. The Labute approximate surface area is 216 Å². The van der Waals surface area contributed by atoms with E-state index in [9.17, 15) is 24.3 Å². The highest BCUT2D eigenvalue weighted by Gasteiger charge is 2.35. The van der Waals surface area contributed by atoms with Crippen LogP contribution in [-0.2, 0) is 20.8 Å². The predicted octanol–water partition coefficient (Wildman–Crippen LogP) is 2.46. The van der Waals surface area contributed by atoms with Crippen molar-refractivity contribution in [1.82, 2.24) is 15.2 Å². The number of pyridine rings is 1. The number of rotatable bonds is 6. The Hall–Kier alpha value is -3.28. The third-order valence-corrected chi connectivity index (χ3v) is 5.81. The largest absolute Gasteiger partial charge is 0.480 e. The zero-order chi connectivity index (χ0) is 26.3. The van der Waals surface area contributed by atoms with E-state index in [2.05, 4.69) is 10.3 Å². The van der Waals surface area contributed by atoms with Crippen LogP contribution in [0.1, 0.15) is 29.3 Å². The van der Waals surface area contributed by atoms with E-state index in [-0.39, 0.29) is 27.9 Å². The van der Waals surface area contributed by atoms with Crippen molar-refractivity contribution in [3.05, 3.63) is 57.8 Å². The van der Waals surface area contributed by atoms with Gasteiger partial charge in [-0.1, -0.05) is 47.6 Å². The molecule has 2 aromatic rings. The van der Waals surface area contributed by atoms with Crippen molar-refractivity contribution in [3.8, 4) is 0 Å². The Morgan fingerprint density at radius 3 is 2.20 bits per heavy atom. The lowest BCUT2D eigenvalue weighted by Gasteiger charge is -2.18. The van der Waals surface area contributed by atoms with E-state index in [1.54, 1.807) is 24.3 Å². The fraction of sp³-hybridized carbons (Fsp3) is 0.273. The van der Waals surface area contributed by atoms with Crippen LogP contribution in [0.3, 0.4) is 0 Å². The van der Waals surface area contributed by atoms with Crippen LogP contribution in [0.5, 0.6) is 0 Å². The molecular formula is C22H22Cl2N4O6S. The third kappa shape index (κ3) is 7.88. The minimum absolute atomic E-state index is 0.00751. The molecule has 35 heavy (non-hydrogen) atoms. The molecule has 3 rings (SSSR count). The van der Waals surface area contributed by atoms with Crippen LogP contribution in [-0.4, -0.2) is 67.3 Å². The summed E-state index contributed by atoms with van der Waals surface area (Å²) in [6.45, 7) is 1.66. The second-order valence-electron chi connectivity index (χ2n) is 7.53. The highest BCUT2D eigenvalue weighted by atomic mass is 35.5. The summed E-state index contributed by atoms with van der Waals surface area (Å²) < 4.78 is 0. The molecule has 2 heterocycles. The number of hydrogen-bond donors (Lipinski definition) is 4. The fourth-order valence-corrected chi connectivity index (χ4v) is 4.02. The number of carboxylic acids is 2. The number of anilines is 1. The number of likely N-dealkylation sites (tertiary alicyclic amines) is 1. The molecule has 13 heteroatoms. The zero-order valence-electron chi connectivity index (χ0n) is 18.4. The molecule has 5 N–H and O–H groups in total. The van der Waals surface area contributed by atoms with E-state index in [4.69, 9.17) is 46.3 Å². The summed E-state index contributed by atoms with van der Waals surface area (Å²) in [6, 6.07) is 4.84. The van der Waals surface area contributed by atoms with Crippen LogP contribution in [0.4, 0.5) is 5.69 Å². The number of benzene rings is 1. The summed E-state index contributed by atoms with van der Waals surface area (Å²) in [7, 11) is 0. The van der Waals surface area contributed by atoms with Gasteiger partial charge in [0.15, 0.2) is 0 Å². The molecule has 1 aliphatic rings. The maximum atomic E-state index is 12.3. The molecule has 2 amide bonds.